The summed E-state index contributed by atoms with van der Waals surface area (Å²) >= 11 is 1.82. The van der Waals surface area contributed by atoms with Gasteiger partial charge in [-0.15, -0.1) is 11.3 Å². The molecule has 0 unspecified atom stereocenters. The summed E-state index contributed by atoms with van der Waals surface area (Å²) in [4.78, 5) is 23.7. The lowest BCUT2D eigenvalue weighted by Gasteiger charge is -2.19. The Kier molecular flexibility index (Phi) is 3.42. The molecule has 3 heterocycles. The number of fused-ring (bicyclic) bond motifs is 1. The van der Waals surface area contributed by atoms with Gasteiger partial charge in [0.2, 0.25) is 5.89 Å². The van der Waals surface area contributed by atoms with Crippen molar-refractivity contribution in [3.63, 3.8) is 0 Å². The van der Waals surface area contributed by atoms with Crippen molar-refractivity contribution in [2.75, 3.05) is 6.54 Å². The molecule has 1 aliphatic carbocycles. The fraction of sp³-hybridized carbons (Fsp3) is 0.571. The van der Waals surface area contributed by atoms with Crippen LogP contribution in [0, 0.1) is 0 Å². The van der Waals surface area contributed by atoms with Crippen molar-refractivity contribution in [3.05, 3.63) is 27.3 Å². The summed E-state index contributed by atoms with van der Waals surface area (Å²) in [5.74, 6) is -0.221. The average molecular weight is 319 g/mol. The van der Waals surface area contributed by atoms with E-state index in [2.05, 4.69) is 15.0 Å². The number of primary amides is 1. The first-order chi connectivity index (χ1) is 10.7. The van der Waals surface area contributed by atoms with Gasteiger partial charge in [0.05, 0.1) is 18.3 Å². The van der Waals surface area contributed by atoms with E-state index in [4.69, 9.17) is 15.2 Å². The van der Waals surface area contributed by atoms with E-state index >= 15 is 0 Å². The molecule has 2 aromatic heterocycles. The summed E-state index contributed by atoms with van der Waals surface area (Å²) in [7, 11) is 0. The number of nitrogens with two attached hydrogens (primary N) is 1. The molecule has 2 aromatic rings. The highest BCUT2D eigenvalue weighted by Gasteiger charge is 2.32. The van der Waals surface area contributed by atoms with Gasteiger partial charge in [-0.2, -0.15) is 4.98 Å². The van der Waals surface area contributed by atoms with Crippen LogP contribution < -0.4 is 5.73 Å². The lowest BCUT2D eigenvalue weighted by molar-refractivity contribution is 0.0987. The van der Waals surface area contributed by atoms with Crippen LogP contribution in [0.3, 0.4) is 0 Å². The topological polar surface area (TPSA) is 98.1 Å². The first kappa shape index (κ1) is 13.8. The molecule has 2 N–H and O–H groups in total. The van der Waals surface area contributed by atoms with E-state index < -0.39 is 5.91 Å². The van der Waals surface area contributed by atoms with Crippen molar-refractivity contribution < 1.29 is 9.32 Å². The van der Waals surface area contributed by atoms with Crippen LogP contribution in [0.1, 0.15) is 57.4 Å². The second-order valence-electron chi connectivity index (χ2n) is 5.78. The molecule has 7 nitrogen and oxygen atoms in total. The highest BCUT2D eigenvalue weighted by atomic mass is 32.1. The Bertz CT molecular complexity index is 688. The quantitative estimate of drug-likeness (QED) is 0.916. The van der Waals surface area contributed by atoms with Gasteiger partial charge in [0.25, 0.3) is 11.7 Å². The predicted molar refractivity (Wildman–Crippen MR) is 79.3 cm³/mol. The molecule has 0 saturated carbocycles. The molecule has 1 aliphatic heterocycles. The molecule has 1 fully saturated rings. The van der Waals surface area contributed by atoms with E-state index in [9.17, 15) is 4.79 Å². The summed E-state index contributed by atoms with van der Waals surface area (Å²) < 4.78 is 5.22. The van der Waals surface area contributed by atoms with E-state index in [0.717, 1.165) is 37.4 Å². The monoisotopic (exact) mass is 319 g/mol. The molecule has 0 spiro atoms. The van der Waals surface area contributed by atoms with E-state index in [1.54, 1.807) is 0 Å². The van der Waals surface area contributed by atoms with Crippen molar-refractivity contribution in [2.24, 2.45) is 5.73 Å². The Morgan fingerprint density at radius 2 is 2.27 bits per heavy atom. The van der Waals surface area contributed by atoms with Crippen LogP contribution in [0.5, 0.6) is 0 Å². The third-order valence-electron chi connectivity index (χ3n) is 4.29. The van der Waals surface area contributed by atoms with Crippen molar-refractivity contribution in [1.82, 2.24) is 20.0 Å². The number of amides is 1. The highest BCUT2D eigenvalue weighted by Crippen LogP contribution is 2.34. The number of likely N-dealkylation sites (tertiary alicyclic amines) is 1. The maximum atomic E-state index is 11.1. The van der Waals surface area contributed by atoms with Crippen LogP contribution in [0.2, 0.25) is 0 Å². The van der Waals surface area contributed by atoms with Gasteiger partial charge in [-0.05, 0) is 38.6 Å². The van der Waals surface area contributed by atoms with Crippen molar-refractivity contribution in [2.45, 2.75) is 44.7 Å². The molecular weight excluding hydrogens is 302 g/mol. The first-order valence-corrected chi connectivity index (χ1v) is 8.37. The maximum absolute atomic E-state index is 11.1. The molecule has 4 rings (SSSR count). The minimum Gasteiger partial charge on any atom is -0.363 e. The zero-order chi connectivity index (χ0) is 15.1. The number of hydrogen-bond acceptors (Lipinski definition) is 7. The van der Waals surface area contributed by atoms with Gasteiger partial charge >= 0.3 is 0 Å². The number of aryl methyl sites for hydroxylation is 2. The summed E-state index contributed by atoms with van der Waals surface area (Å²) in [6.45, 7) is 1.78. The van der Waals surface area contributed by atoms with Gasteiger partial charge in [0.15, 0.2) is 0 Å². The smallest absolute Gasteiger partial charge is 0.290 e. The lowest BCUT2D eigenvalue weighted by atomic mass is 10.2. The second-order valence-corrected chi connectivity index (χ2v) is 6.95. The van der Waals surface area contributed by atoms with E-state index in [-0.39, 0.29) is 11.9 Å². The molecule has 22 heavy (non-hydrogen) atoms. The number of rotatable bonds is 4. The van der Waals surface area contributed by atoms with Crippen LogP contribution >= 0.6 is 11.3 Å². The van der Waals surface area contributed by atoms with Gasteiger partial charge in [0.1, 0.15) is 5.01 Å². The average Bonchev–Trinajstić information content (AvgIpc) is 3.21. The molecule has 0 aromatic carbocycles. The number of hydrogen-bond donors (Lipinski definition) is 1. The number of carbonyl (C=O) groups is 1. The minimum atomic E-state index is -0.657. The molecule has 116 valence electrons. The molecule has 1 amide bonds. The van der Waals surface area contributed by atoms with Crippen LogP contribution in [-0.4, -0.2) is 32.5 Å². The Labute approximate surface area is 131 Å². The number of thiazole rings is 1. The van der Waals surface area contributed by atoms with Crippen molar-refractivity contribution in [3.8, 4) is 0 Å². The Morgan fingerprint density at radius 1 is 1.36 bits per heavy atom. The lowest BCUT2D eigenvalue weighted by Crippen LogP contribution is -2.23. The summed E-state index contributed by atoms with van der Waals surface area (Å²) in [5, 5.41) is 4.80. The normalized spacial score (nSPS) is 21.4. The molecule has 2 aliphatic rings. The summed E-state index contributed by atoms with van der Waals surface area (Å²) in [5.41, 5.74) is 6.46. The predicted octanol–water partition coefficient (Wildman–Crippen LogP) is 1.45. The Morgan fingerprint density at radius 3 is 3.05 bits per heavy atom. The third kappa shape index (κ3) is 2.42. The van der Waals surface area contributed by atoms with Gasteiger partial charge in [0, 0.05) is 4.88 Å². The fourth-order valence-corrected chi connectivity index (χ4v) is 4.43. The molecule has 0 bridgehead atoms. The second kappa shape index (κ2) is 5.44. The molecule has 1 saturated heterocycles. The zero-order valence-corrected chi connectivity index (χ0v) is 12.9. The first-order valence-electron chi connectivity index (χ1n) is 7.55. The largest absolute Gasteiger partial charge is 0.363 e. The summed E-state index contributed by atoms with van der Waals surface area (Å²) in [6.07, 6.45) is 5.54. The molecular formula is C14H17N5O2S. The van der Waals surface area contributed by atoms with Gasteiger partial charge in [-0.25, -0.2) is 4.98 Å². The molecule has 8 heteroatoms. The van der Waals surface area contributed by atoms with E-state index in [1.807, 2.05) is 11.3 Å². The SMILES string of the molecule is NC(=O)c1noc([C@@H]2CCCN2Cc2nc3c(s2)CCC3)n1. The van der Waals surface area contributed by atoms with Crippen molar-refractivity contribution in [1.29, 1.82) is 0 Å². The van der Waals surface area contributed by atoms with Crippen LogP contribution in [-0.2, 0) is 19.4 Å². The van der Waals surface area contributed by atoms with E-state index in [0.29, 0.717) is 5.89 Å². The Balaban J connectivity index is 1.51. The van der Waals surface area contributed by atoms with Gasteiger partial charge < -0.3 is 10.3 Å². The van der Waals surface area contributed by atoms with Crippen molar-refractivity contribution >= 4 is 17.2 Å². The zero-order valence-electron chi connectivity index (χ0n) is 12.1. The standard InChI is InChI=1S/C14H17N5O2S/c15-12(20)13-17-14(21-18-13)9-4-2-6-19(9)7-11-16-8-3-1-5-10(8)22-11/h9H,1-7H2,(H2,15,20)/t9-/m0/s1. The van der Waals surface area contributed by atoms with Crippen LogP contribution in [0.15, 0.2) is 4.52 Å². The highest BCUT2D eigenvalue weighted by molar-refractivity contribution is 7.11. The van der Waals surface area contributed by atoms with Crippen LogP contribution in [0.4, 0.5) is 0 Å². The van der Waals surface area contributed by atoms with Gasteiger partial charge in [-0.1, -0.05) is 5.16 Å². The molecule has 0 radical (unpaired) electrons. The number of aromatic nitrogens is 3. The maximum Gasteiger partial charge on any atom is 0.290 e. The Hall–Kier alpha value is -1.80. The minimum absolute atomic E-state index is 0.0462. The van der Waals surface area contributed by atoms with Crippen LogP contribution in [0.25, 0.3) is 0 Å². The fourth-order valence-electron chi connectivity index (χ4n) is 3.25. The third-order valence-corrected chi connectivity index (χ3v) is 5.43. The number of nitrogens with zero attached hydrogens (tertiary/aromatic N) is 4. The number of carbonyl (C=O) groups excluding carboxylic acids is 1. The molecule has 1 atom stereocenters. The summed E-state index contributed by atoms with van der Waals surface area (Å²) in [6, 6.07) is 0.0549. The van der Waals surface area contributed by atoms with E-state index in [1.165, 1.54) is 23.4 Å². The van der Waals surface area contributed by atoms with Gasteiger partial charge in [-0.3, -0.25) is 9.69 Å².